The van der Waals surface area contributed by atoms with Crippen LogP contribution >= 0.6 is 0 Å². The highest BCUT2D eigenvalue weighted by molar-refractivity contribution is 6.65. The molecular formula is C22H28BNO2. The Balaban J connectivity index is 1.88. The van der Waals surface area contributed by atoms with Gasteiger partial charge in [-0.15, -0.1) is 0 Å². The zero-order valence-electron chi connectivity index (χ0n) is 16.9. The molecule has 136 valence electrons. The smallest absolute Gasteiger partial charge is 0.399 e. The first-order chi connectivity index (χ1) is 12.0. The summed E-state index contributed by atoms with van der Waals surface area (Å²) in [7, 11) is -0.362. The maximum absolute atomic E-state index is 6.29. The number of rotatable bonds is 1. The monoisotopic (exact) mass is 349 g/mol. The van der Waals surface area contributed by atoms with Crippen molar-refractivity contribution in [3.63, 3.8) is 0 Å². The molecule has 1 aliphatic rings. The third-order valence-corrected chi connectivity index (χ3v) is 6.04. The van der Waals surface area contributed by atoms with Crippen LogP contribution in [0.15, 0.2) is 36.4 Å². The van der Waals surface area contributed by atoms with Crippen molar-refractivity contribution < 1.29 is 9.31 Å². The molecule has 1 saturated heterocycles. The van der Waals surface area contributed by atoms with Gasteiger partial charge in [-0.2, -0.15) is 0 Å². The van der Waals surface area contributed by atoms with E-state index in [4.69, 9.17) is 9.31 Å². The van der Waals surface area contributed by atoms with Gasteiger partial charge in [-0.1, -0.05) is 45.0 Å². The van der Waals surface area contributed by atoms with Crippen molar-refractivity contribution in [2.45, 2.75) is 65.1 Å². The van der Waals surface area contributed by atoms with Crippen molar-refractivity contribution >= 4 is 34.4 Å². The van der Waals surface area contributed by atoms with E-state index in [-0.39, 0.29) is 23.7 Å². The zero-order chi connectivity index (χ0) is 18.9. The summed E-state index contributed by atoms with van der Waals surface area (Å²) in [5.74, 6) is 0. The van der Waals surface area contributed by atoms with E-state index in [1.807, 2.05) is 0 Å². The van der Waals surface area contributed by atoms with Crippen molar-refractivity contribution in [1.29, 1.82) is 0 Å². The highest BCUT2D eigenvalue weighted by atomic mass is 16.7. The molecule has 1 aliphatic heterocycles. The lowest BCUT2D eigenvalue weighted by Gasteiger charge is -2.32. The van der Waals surface area contributed by atoms with E-state index < -0.39 is 0 Å². The molecule has 3 nitrogen and oxygen atoms in total. The first-order valence-corrected chi connectivity index (χ1v) is 9.40. The third-order valence-electron chi connectivity index (χ3n) is 6.04. The van der Waals surface area contributed by atoms with E-state index >= 15 is 0 Å². The average molecular weight is 349 g/mol. The van der Waals surface area contributed by atoms with Crippen LogP contribution in [-0.2, 0) is 14.7 Å². The molecule has 2 heterocycles. The minimum atomic E-state index is -0.362. The molecule has 4 rings (SSSR count). The number of H-pyrrole nitrogens is 1. The maximum atomic E-state index is 6.29. The molecule has 1 N–H and O–H groups in total. The Morgan fingerprint density at radius 1 is 0.885 bits per heavy atom. The van der Waals surface area contributed by atoms with E-state index in [0.29, 0.717) is 0 Å². The fraction of sp³-hybridized carbons (Fsp3) is 0.455. The predicted molar refractivity (Wildman–Crippen MR) is 110 cm³/mol. The fourth-order valence-electron chi connectivity index (χ4n) is 3.58. The fourth-order valence-corrected chi connectivity index (χ4v) is 3.58. The van der Waals surface area contributed by atoms with Gasteiger partial charge in [0.1, 0.15) is 0 Å². The van der Waals surface area contributed by atoms with Crippen LogP contribution in [0.1, 0.15) is 54.0 Å². The van der Waals surface area contributed by atoms with Crippen LogP contribution in [0, 0.1) is 0 Å². The van der Waals surface area contributed by atoms with Crippen LogP contribution in [0.2, 0.25) is 0 Å². The molecule has 3 aromatic rings. The number of hydrogen-bond donors (Lipinski definition) is 1. The Morgan fingerprint density at radius 3 is 2.15 bits per heavy atom. The zero-order valence-corrected chi connectivity index (χ0v) is 16.9. The summed E-state index contributed by atoms with van der Waals surface area (Å²) in [5.41, 5.74) is 4.10. The second-order valence-corrected chi connectivity index (χ2v) is 9.49. The number of aromatic nitrogens is 1. The van der Waals surface area contributed by atoms with Crippen molar-refractivity contribution in [1.82, 2.24) is 4.98 Å². The molecule has 0 aliphatic carbocycles. The Labute approximate surface area is 156 Å². The lowest BCUT2D eigenvalue weighted by molar-refractivity contribution is 0.00578. The third kappa shape index (κ3) is 2.59. The summed E-state index contributed by atoms with van der Waals surface area (Å²) < 4.78 is 12.6. The van der Waals surface area contributed by atoms with Gasteiger partial charge in [0.2, 0.25) is 0 Å². The van der Waals surface area contributed by atoms with Gasteiger partial charge in [-0.3, -0.25) is 0 Å². The summed E-state index contributed by atoms with van der Waals surface area (Å²) in [5, 5.41) is 2.48. The van der Waals surface area contributed by atoms with Crippen molar-refractivity contribution in [2.75, 3.05) is 0 Å². The first kappa shape index (κ1) is 17.6. The first-order valence-electron chi connectivity index (χ1n) is 9.40. The van der Waals surface area contributed by atoms with Gasteiger partial charge in [0.25, 0.3) is 0 Å². The molecule has 4 heteroatoms. The van der Waals surface area contributed by atoms with Crippen LogP contribution < -0.4 is 5.46 Å². The molecule has 0 spiro atoms. The van der Waals surface area contributed by atoms with Crippen LogP contribution in [-0.4, -0.2) is 23.3 Å². The van der Waals surface area contributed by atoms with Gasteiger partial charge in [0.05, 0.1) is 11.2 Å². The van der Waals surface area contributed by atoms with E-state index in [0.717, 1.165) is 16.5 Å². The molecule has 0 bridgehead atoms. The van der Waals surface area contributed by atoms with Gasteiger partial charge in [-0.05, 0) is 50.8 Å². The van der Waals surface area contributed by atoms with Crippen molar-refractivity contribution in [2.24, 2.45) is 0 Å². The van der Waals surface area contributed by atoms with Crippen molar-refractivity contribution in [3.8, 4) is 0 Å². The topological polar surface area (TPSA) is 34.2 Å². The van der Waals surface area contributed by atoms with Gasteiger partial charge >= 0.3 is 7.12 Å². The summed E-state index contributed by atoms with van der Waals surface area (Å²) in [6.07, 6.45) is 0. The summed E-state index contributed by atoms with van der Waals surface area (Å²) >= 11 is 0. The molecule has 1 fully saturated rings. The van der Waals surface area contributed by atoms with E-state index in [9.17, 15) is 0 Å². The molecule has 0 unspecified atom stereocenters. The molecule has 0 radical (unpaired) electrons. The van der Waals surface area contributed by atoms with Gasteiger partial charge in [0.15, 0.2) is 0 Å². The van der Waals surface area contributed by atoms with E-state index in [1.54, 1.807) is 0 Å². The van der Waals surface area contributed by atoms with Crippen LogP contribution in [0.25, 0.3) is 21.8 Å². The Hall–Kier alpha value is -1.78. The van der Waals surface area contributed by atoms with Gasteiger partial charge < -0.3 is 14.3 Å². The number of para-hydroxylation sites is 1. The lowest BCUT2D eigenvalue weighted by Crippen LogP contribution is -2.41. The standard InChI is InChI=1S/C22H28BNO2/c1-20(2,3)14-11-12-18-16(13-14)15-9-8-10-17(19(15)24-18)23-25-21(4,5)22(6,7)26-23/h8-13,24H,1-7H3. The summed E-state index contributed by atoms with van der Waals surface area (Å²) in [6.45, 7) is 15.1. The minimum absolute atomic E-state index is 0.126. The highest BCUT2D eigenvalue weighted by Gasteiger charge is 2.52. The Morgan fingerprint density at radius 2 is 1.54 bits per heavy atom. The quantitative estimate of drug-likeness (QED) is 0.633. The second kappa shape index (κ2) is 5.37. The second-order valence-electron chi connectivity index (χ2n) is 9.49. The molecule has 2 aromatic carbocycles. The number of benzene rings is 2. The van der Waals surface area contributed by atoms with E-state index in [2.05, 4.69) is 89.8 Å². The number of aromatic amines is 1. The summed E-state index contributed by atoms with van der Waals surface area (Å²) in [6, 6.07) is 13.1. The Kier molecular flexibility index (Phi) is 3.64. The normalized spacial score (nSPS) is 19.6. The Bertz CT molecular complexity index is 978. The van der Waals surface area contributed by atoms with Crippen LogP contribution in [0.4, 0.5) is 0 Å². The summed E-state index contributed by atoms with van der Waals surface area (Å²) in [4.78, 5) is 3.60. The van der Waals surface area contributed by atoms with Gasteiger partial charge in [0, 0.05) is 27.3 Å². The number of fused-ring (bicyclic) bond motifs is 3. The van der Waals surface area contributed by atoms with Gasteiger partial charge in [-0.25, -0.2) is 0 Å². The largest absolute Gasteiger partial charge is 0.497 e. The minimum Gasteiger partial charge on any atom is -0.399 e. The van der Waals surface area contributed by atoms with Crippen molar-refractivity contribution in [3.05, 3.63) is 42.0 Å². The maximum Gasteiger partial charge on any atom is 0.497 e. The van der Waals surface area contributed by atoms with Crippen LogP contribution in [0.3, 0.4) is 0 Å². The molecule has 26 heavy (non-hydrogen) atoms. The molecule has 0 saturated carbocycles. The predicted octanol–water partition coefficient (Wildman–Crippen LogP) is 4.92. The molecule has 0 amide bonds. The molecular weight excluding hydrogens is 321 g/mol. The number of nitrogens with one attached hydrogen (secondary N) is 1. The number of hydrogen-bond acceptors (Lipinski definition) is 2. The lowest BCUT2D eigenvalue weighted by atomic mass is 9.78. The molecule has 0 atom stereocenters. The highest BCUT2D eigenvalue weighted by Crippen LogP contribution is 2.37. The SMILES string of the molecule is CC(C)(C)c1ccc2[nH]c3c(B4OC(C)(C)C(C)(C)O4)cccc3c2c1. The average Bonchev–Trinajstić information content (AvgIpc) is 3.00. The van der Waals surface area contributed by atoms with E-state index in [1.165, 1.54) is 16.3 Å². The van der Waals surface area contributed by atoms with Crippen LogP contribution in [0.5, 0.6) is 0 Å². The molecule has 1 aromatic heterocycles.